The van der Waals surface area contributed by atoms with Crippen LogP contribution in [0.5, 0.6) is 5.75 Å². The predicted molar refractivity (Wildman–Crippen MR) is 119 cm³/mol. The fourth-order valence-electron chi connectivity index (χ4n) is 3.33. The third kappa shape index (κ3) is 4.48. The maximum atomic E-state index is 12.9. The van der Waals surface area contributed by atoms with Gasteiger partial charge in [0, 0.05) is 29.1 Å². The number of nitrogens with zero attached hydrogens (tertiary/aromatic N) is 3. The minimum absolute atomic E-state index is 0.0117. The number of carbonyl (C=O) groups excluding carboxylic acids is 3. The Hall–Kier alpha value is -3.54. The molecule has 0 bridgehead atoms. The van der Waals surface area contributed by atoms with Gasteiger partial charge in [-0.05, 0) is 31.8 Å². The molecule has 8 heteroatoms. The van der Waals surface area contributed by atoms with Crippen molar-refractivity contribution in [3.8, 4) is 11.8 Å². The second-order valence-electron chi connectivity index (χ2n) is 7.32. The van der Waals surface area contributed by atoms with E-state index >= 15 is 0 Å². The predicted octanol–water partition coefficient (Wildman–Crippen LogP) is 3.50. The Balaban J connectivity index is 2.29. The van der Waals surface area contributed by atoms with Crippen molar-refractivity contribution >= 4 is 43.9 Å². The molecule has 3 rings (SSSR count). The molecule has 3 aromatic rings. The number of phenols is 1. The maximum Gasteiger partial charge on any atom is 0.302 e. The Bertz CT molecular complexity index is 1210. The summed E-state index contributed by atoms with van der Waals surface area (Å²) in [5, 5.41) is 20.2. The Labute approximate surface area is 183 Å². The van der Waals surface area contributed by atoms with Crippen LogP contribution < -0.4 is 4.90 Å². The van der Waals surface area contributed by atoms with Crippen LogP contribution >= 0.6 is 11.3 Å². The molecule has 0 aliphatic carbocycles. The van der Waals surface area contributed by atoms with Crippen LogP contribution in [0.3, 0.4) is 0 Å². The number of benzene rings is 2. The molecule has 1 N–H and O–H groups in total. The number of rotatable bonds is 7. The van der Waals surface area contributed by atoms with Crippen molar-refractivity contribution in [1.82, 2.24) is 4.90 Å². The third-order valence-electron chi connectivity index (χ3n) is 4.74. The number of Topliss-reactive ketones (excluding diaryl/α,β-unsaturated/α-hetero) is 2. The molecule has 0 aliphatic heterocycles. The Morgan fingerprint density at radius 2 is 1.74 bits per heavy atom. The van der Waals surface area contributed by atoms with E-state index in [0.29, 0.717) is 22.2 Å². The largest absolute Gasteiger partial charge is 0.508 e. The fraction of sp³-hybridized carbons (Fsp3) is 0.217. The quantitative estimate of drug-likeness (QED) is 0.346. The Kier molecular flexibility index (Phi) is 6.49. The molecule has 1 heterocycles. The number of thiophene rings is 1. The summed E-state index contributed by atoms with van der Waals surface area (Å²) in [5.41, 5.74) is 1.44. The summed E-state index contributed by atoms with van der Waals surface area (Å²) >= 11 is 1.15. The molecule has 0 radical (unpaired) electrons. The summed E-state index contributed by atoms with van der Waals surface area (Å²) in [6.07, 6.45) is 0. The highest BCUT2D eigenvalue weighted by Crippen LogP contribution is 2.43. The van der Waals surface area contributed by atoms with Crippen molar-refractivity contribution in [1.29, 1.82) is 5.26 Å². The topological polar surface area (TPSA) is 102 Å². The van der Waals surface area contributed by atoms with Crippen molar-refractivity contribution < 1.29 is 19.5 Å². The van der Waals surface area contributed by atoms with Gasteiger partial charge in [0.15, 0.2) is 0 Å². The molecular weight excluding hydrogens is 414 g/mol. The summed E-state index contributed by atoms with van der Waals surface area (Å²) < 4.78 is 0.595. The first-order valence-corrected chi connectivity index (χ1v) is 10.3. The summed E-state index contributed by atoms with van der Waals surface area (Å²) in [5.74, 6) is -2.43. The number of phenolic OH excluding ortho intramolecular Hbond substituents is 1. The Morgan fingerprint density at radius 1 is 1.06 bits per heavy atom. The van der Waals surface area contributed by atoms with Crippen LogP contribution in [0.4, 0.5) is 5.00 Å². The molecule has 1 aromatic heterocycles. The number of carbonyl (C=O) groups is 3. The number of fused-ring (bicyclic) bond motifs is 1. The van der Waals surface area contributed by atoms with E-state index in [4.69, 9.17) is 5.26 Å². The summed E-state index contributed by atoms with van der Waals surface area (Å²) in [6.45, 7) is 1.96. The first-order valence-electron chi connectivity index (χ1n) is 9.47. The molecule has 0 unspecified atom stereocenters. The molecule has 31 heavy (non-hydrogen) atoms. The molecule has 0 saturated heterocycles. The van der Waals surface area contributed by atoms with Gasteiger partial charge in [-0.15, -0.1) is 11.3 Å². The molecule has 0 aliphatic rings. The van der Waals surface area contributed by atoms with Crippen molar-refractivity contribution in [3.05, 3.63) is 59.2 Å². The normalized spacial score (nSPS) is 10.8. The number of aromatic hydroxyl groups is 1. The first-order chi connectivity index (χ1) is 14.7. The van der Waals surface area contributed by atoms with Crippen LogP contribution in [-0.4, -0.2) is 41.6 Å². The minimum atomic E-state index is -1.20. The SMILES string of the molecule is CC(=O)N(Cc1ccccc1)c1sc2c(CN(C)C)c(O)ccc2c1C(=O)C(=O)C#N. The van der Waals surface area contributed by atoms with Gasteiger partial charge in [-0.2, -0.15) is 5.26 Å². The van der Waals surface area contributed by atoms with Gasteiger partial charge in [0.25, 0.3) is 0 Å². The monoisotopic (exact) mass is 435 g/mol. The van der Waals surface area contributed by atoms with E-state index < -0.39 is 11.6 Å². The van der Waals surface area contributed by atoms with E-state index in [1.54, 1.807) is 6.07 Å². The average Bonchev–Trinajstić information content (AvgIpc) is 3.12. The van der Waals surface area contributed by atoms with Crippen molar-refractivity contribution in [3.63, 3.8) is 0 Å². The fourth-order valence-corrected chi connectivity index (χ4v) is 4.70. The zero-order valence-corrected chi connectivity index (χ0v) is 18.2. The molecule has 7 nitrogen and oxygen atoms in total. The van der Waals surface area contributed by atoms with E-state index in [2.05, 4.69) is 0 Å². The van der Waals surface area contributed by atoms with Gasteiger partial charge in [-0.1, -0.05) is 30.3 Å². The number of nitriles is 1. The standard InChI is InChI=1S/C23H21N3O4S/c1-14(27)26(12-15-7-5-4-6-8-15)23-20(21(30)19(29)11-24)16-9-10-18(28)17(13-25(2)3)22(16)31-23/h4-10,28H,12-13H2,1-3H3. The second-order valence-corrected chi connectivity index (χ2v) is 8.32. The summed E-state index contributed by atoms with van der Waals surface area (Å²) in [4.78, 5) is 40.8. The smallest absolute Gasteiger partial charge is 0.302 e. The van der Waals surface area contributed by atoms with E-state index in [1.165, 1.54) is 24.0 Å². The van der Waals surface area contributed by atoms with E-state index in [1.807, 2.05) is 49.3 Å². The lowest BCUT2D eigenvalue weighted by molar-refractivity contribution is -0.116. The zero-order valence-electron chi connectivity index (χ0n) is 17.4. The van der Waals surface area contributed by atoms with Gasteiger partial charge in [-0.25, -0.2) is 0 Å². The van der Waals surface area contributed by atoms with Gasteiger partial charge >= 0.3 is 5.78 Å². The second kappa shape index (κ2) is 9.08. The van der Waals surface area contributed by atoms with Gasteiger partial charge in [-0.3, -0.25) is 19.3 Å². The van der Waals surface area contributed by atoms with Crippen molar-refractivity contribution in [2.45, 2.75) is 20.0 Å². The molecule has 0 atom stereocenters. The van der Waals surface area contributed by atoms with Gasteiger partial charge in [0.05, 0.1) is 12.1 Å². The third-order valence-corrected chi connectivity index (χ3v) is 6.02. The van der Waals surface area contributed by atoms with E-state index in [0.717, 1.165) is 16.9 Å². The van der Waals surface area contributed by atoms with Crippen LogP contribution in [0.2, 0.25) is 0 Å². The van der Waals surface area contributed by atoms with Crippen LogP contribution in [0.15, 0.2) is 42.5 Å². The molecule has 2 aromatic carbocycles. The lowest BCUT2D eigenvalue weighted by atomic mass is 10.0. The van der Waals surface area contributed by atoms with Gasteiger partial charge in [0.1, 0.15) is 16.8 Å². The first kappa shape index (κ1) is 22.2. The van der Waals surface area contributed by atoms with E-state index in [-0.39, 0.29) is 28.8 Å². The molecule has 0 fully saturated rings. The number of ketones is 2. The number of hydrogen-bond donors (Lipinski definition) is 1. The molecule has 158 valence electrons. The summed E-state index contributed by atoms with van der Waals surface area (Å²) in [7, 11) is 3.69. The minimum Gasteiger partial charge on any atom is -0.508 e. The molecular formula is C23H21N3O4S. The average molecular weight is 436 g/mol. The van der Waals surface area contributed by atoms with Crippen LogP contribution in [0.1, 0.15) is 28.4 Å². The maximum absolute atomic E-state index is 12.9. The van der Waals surface area contributed by atoms with Crippen LogP contribution in [0, 0.1) is 11.3 Å². The van der Waals surface area contributed by atoms with Gasteiger partial charge < -0.3 is 10.0 Å². The summed E-state index contributed by atoms with van der Waals surface area (Å²) in [6, 6.07) is 13.6. The number of anilines is 1. The number of hydrogen-bond acceptors (Lipinski definition) is 7. The van der Waals surface area contributed by atoms with Crippen molar-refractivity contribution in [2.75, 3.05) is 19.0 Å². The molecule has 0 spiro atoms. The van der Waals surface area contributed by atoms with Gasteiger partial charge in [0.2, 0.25) is 11.7 Å². The molecule has 1 amide bonds. The lowest BCUT2D eigenvalue weighted by Crippen LogP contribution is -2.29. The lowest BCUT2D eigenvalue weighted by Gasteiger charge is -2.20. The Morgan fingerprint density at radius 3 is 2.32 bits per heavy atom. The highest BCUT2D eigenvalue weighted by atomic mass is 32.1. The van der Waals surface area contributed by atoms with Crippen molar-refractivity contribution in [2.24, 2.45) is 0 Å². The van der Waals surface area contributed by atoms with E-state index in [9.17, 15) is 19.5 Å². The molecule has 0 saturated carbocycles. The highest BCUT2D eigenvalue weighted by molar-refractivity contribution is 7.24. The van der Waals surface area contributed by atoms with Crippen LogP contribution in [0.25, 0.3) is 10.1 Å². The van der Waals surface area contributed by atoms with Crippen LogP contribution in [-0.2, 0) is 22.7 Å². The zero-order chi connectivity index (χ0) is 22.7. The highest BCUT2D eigenvalue weighted by Gasteiger charge is 2.30. The number of amides is 1.